The fourth-order valence-corrected chi connectivity index (χ4v) is 2.70. The summed E-state index contributed by atoms with van der Waals surface area (Å²) in [6.07, 6.45) is 10.1. The van der Waals surface area contributed by atoms with Crippen LogP contribution < -0.4 is 0 Å². The van der Waals surface area contributed by atoms with Crippen molar-refractivity contribution in [3.63, 3.8) is 0 Å². The fraction of sp³-hybridized carbons (Fsp3) is 0.933. The number of hydrogen-bond acceptors (Lipinski definition) is 4. The maximum Gasteiger partial charge on any atom is 0.266 e. The molecule has 0 aliphatic rings. The highest BCUT2D eigenvalue weighted by Gasteiger charge is 2.12. The topological polar surface area (TPSA) is 94.9 Å². The van der Waals surface area contributed by atoms with Crippen molar-refractivity contribution in [2.24, 2.45) is 0 Å². The second-order valence-electron chi connectivity index (χ2n) is 5.76. The molecule has 0 heterocycles. The first kappa shape index (κ1) is 21.3. The van der Waals surface area contributed by atoms with E-state index in [0.717, 1.165) is 32.1 Å². The lowest BCUT2D eigenvalue weighted by atomic mass is 10.1. The molecular formula is C15H31NO5S. The van der Waals surface area contributed by atoms with Crippen molar-refractivity contribution in [1.29, 1.82) is 0 Å². The summed E-state index contributed by atoms with van der Waals surface area (Å²) < 4.78 is 29.8. The molecule has 0 unspecified atom stereocenters. The predicted octanol–water partition coefficient (Wildman–Crippen LogP) is 2.23. The number of carbonyl (C=O) groups is 1. The molecule has 0 aliphatic carbocycles. The Labute approximate surface area is 134 Å². The van der Waals surface area contributed by atoms with Gasteiger partial charge in [-0.2, -0.15) is 8.42 Å². The van der Waals surface area contributed by atoms with Gasteiger partial charge in [0.1, 0.15) is 0 Å². The molecule has 0 radical (unpaired) electrons. The molecule has 0 spiro atoms. The van der Waals surface area contributed by atoms with E-state index >= 15 is 0 Å². The Morgan fingerprint density at radius 3 is 1.82 bits per heavy atom. The van der Waals surface area contributed by atoms with Crippen molar-refractivity contribution in [1.82, 2.24) is 4.90 Å². The number of hydrogen-bond donors (Lipinski definition) is 2. The summed E-state index contributed by atoms with van der Waals surface area (Å²) in [5.74, 6) is -0.487. The van der Waals surface area contributed by atoms with Crippen LogP contribution in [0, 0.1) is 0 Å². The van der Waals surface area contributed by atoms with Crippen LogP contribution in [0.5, 0.6) is 0 Å². The zero-order valence-corrected chi connectivity index (χ0v) is 14.5. The number of amides is 1. The van der Waals surface area contributed by atoms with Crippen LogP contribution in [-0.4, -0.2) is 54.8 Å². The summed E-state index contributed by atoms with van der Waals surface area (Å²) in [5, 5.41) is 8.65. The second-order valence-corrected chi connectivity index (χ2v) is 7.33. The van der Waals surface area contributed by atoms with E-state index in [1.165, 1.54) is 30.6 Å². The summed E-state index contributed by atoms with van der Waals surface area (Å²) in [7, 11) is -2.45. The minimum atomic E-state index is -4.00. The van der Waals surface area contributed by atoms with Crippen LogP contribution in [0.4, 0.5) is 0 Å². The number of unbranched alkanes of at least 4 members (excludes halogenated alkanes) is 8. The molecule has 0 aliphatic heterocycles. The predicted molar refractivity (Wildman–Crippen MR) is 87.3 cm³/mol. The Bertz CT molecular complexity index is 383. The lowest BCUT2D eigenvalue weighted by molar-refractivity contribution is -0.129. The average molecular weight is 337 g/mol. The fourth-order valence-electron chi connectivity index (χ4n) is 2.19. The molecule has 0 aromatic rings. The molecule has 132 valence electrons. The van der Waals surface area contributed by atoms with Gasteiger partial charge in [0.25, 0.3) is 10.1 Å². The van der Waals surface area contributed by atoms with E-state index in [4.69, 9.17) is 9.66 Å². The maximum atomic E-state index is 11.7. The first-order valence-electron chi connectivity index (χ1n) is 8.17. The van der Waals surface area contributed by atoms with Gasteiger partial charge in [-0.25, -0.2) is 0 Å². The second kappa shape index (κ2) is 12.8. The monoisotopic (exact) mass is 337 g/mol. The van der Waals surface area contributed by atoms with Crippen LogP contribution in [0.1, 0.15) is 64.2 Å². The summed E-state index contributed by atoms with van der Waals surface area (Å²) in [4.78, 5) is 13.1. The zero-order chi connectivity index (χ0) is 16.8. The van der Waals surface area contributed by atoms with Crippen molar-refractivity contribution in [2.45, 2.75) is 64.2 Å². The summed E-state index contributed by atoms with van der Waals surface area (Å²) >= 11 is 0. The molecule has 0 saturated heterocycles. The third-order valence-electron chi connectivity index (χ3n) is 3.66. The van der Waals surface area contributed by atoms with E-state index < -0.39 is 15.9 Å². The molecule has 6 nitrogen and oxygen atoms in total. The first-order chi connectivity index (χ1) is 10.4. The standard InChI is InChI=1S/C15H31NO5S/c1-16(12-14-22(19,20)21)15(18)11-9-7-5-3-2-4-6-8-10-13-17/h17H,2-14H2,1H3,(H,19,20,21). The van der Waals surface area contributed by atoms with Crippen molar-refractivity contribution in [3.8, 4) is 0 Å². The largest absolute Gasteiger partial charge is 0.396 e. The molecule has 0 aromatic heterocycles. The average Bonchev–Trinajstić information content (AvgIpc) is 2.45. The minimum Gasteiger partial charge on any atom is -0.396 e. The summed E-state index contributed by atoms with van der Waals surface area (Å²) in [5.41, 5.74) is 0. The third-order valence-corrected chi connectivity index (χ3v) is 4.36. The van der Waals surface area contributed by atoms with Gasteiger partial charge in [-0.15, -0.1) is 0 Å². The van der Waals surface area contributed by atoms with Gasteiger partial charge in [-0.1, -0.05) is 44.9 Å². The van der Waals surface area contributed by atoms with Crippen molar-refractivity contribution >= 4 is 16.0 Å². The number of carbonyl (C=O) groups excluding carboxylic acids is 1. The van der Waals surface area contributed by atoms with Gasteiger partial charge in [0, 0.05) is 26.6 Å². The molecule has 2 N–H and O–H groups in total. The Kier molecular flexibility index (Phi) is 12.5. The van der Waals surface area contributed by atoms with Crippen molar-refractivity contribution in [3.05, 3.63) is 0 Å². The third kappa shape index (κ3) is 14.3. The quantitative estimate of drug-likeness (QED) is 0.374. The van der Waals surface area contributed by atoms with Crippen LogP contribution in [0.3, 0.4) is 0 Å². The minimum absolute atomic E-state index is 0.0332. The van der Waals surface area contributed by atoms with E-state index in [1.54, 1.807) is 7.05 Å². The Morgan fingerprint density at radius 1 is 0.909 bits per heavy atom. The Balaban J connectivity index is 3.45. The molecule has 22 heavy (non-hydrogen) atoms. The first-order valence-corrected chi connectivity index (χ1v) is 9.77. The van der Waals surface area contributed by atoms with Crippen LogP contribution in [-0.2, 0) is 14.9 Å². The van der Waals surface area contributed by atoms with Crippen molar-refractivity contribution in [2.75, 3.05) is 26.0 Å². The molecule has 0 fully saturated rings. The Hall–Kier alpha value is -0.660. The number of aliphatic hydroxyl groups is 1. The maximum absolute atomic E-state index is 11.7. The lowest BCUT2D eigenvalue weighted by Gasteiger charge is -2.16. The van der Waals surface area contributed by atoms with E-state index in [1.807, 2.05) is 0 Å². The molecule has 0 atom stereocenters. The van der Waals surface area contributed by atoms with Crippen LogP contribution >= 0.6 is 0 Å². The molecule has 0 aromatic carbocycles. The normalized spacial score (nSPS) is 11.6. The molecule has 1 amide bonds. The molecule has 0 bridgehead atoms. The number of nitrogens with zero attached hydrogens (tertiary/aromatic N) is 1. The van der Waals surface area contributed by atoms with Gasteiger partial charge in [0.15, 0.2) is 0 Å². The molecule has 0 rings (SSSR count). The van der Waals surface area contributed by atoms with E-state index in [0.29, 0.717) is 6.42 Å². The molecule has 7 heteroatoms. The highest BCUT2D eigenvalue weighted by atomic mass is 32.2. The van der Waals surface area contributed by atoms with Gasteiger partial charge in [0.05, 0.1) is 5.75 Å². The SMILES string of the molecule is CN(CCS(=O)(=O)O)C(=O)CCCCCCCCCCCO. The Morgan fingerprint density at radius 2 is 1.36 bits per heavy atom. The van der Waals surface area contributed by atoms with Crippen LogP contribution in [0.15, 0.2) is 0 Å². The van der Waals surface area contributed by atoms with E-state index in [2.05, 4.69) is 0 Å². The van der Waals surface area contributed by atoms with E-state index in [9.17, 15) is 13.2 Å². The van der Waals surface area contributed by atoms with Gasteiger partial charge < -0.3 is 10.0 Å². The zero-order valence-electron chi connectivity index (χ0n) is 13.7. The van der Waals surface area contributed by atoms with E-state index in [-0.39, 0.29) is 19.1 Å². The summed E-state index contributed by atoms with van der Waals surface area (Å²) in [6.45, 7) is 0.318. The molecular weight excluding hydrogens is 306 g/mol. The van der Waals surface area contributed by atoms with Gasteiger partial charge in [0.2, 0.25) is 5.91 Å². The van der Waals surface area contributed by atoms with Crippen molar-refractivity contribution < 1.29 is 22.9 Å². The highest BCUT2D eigenvalue weighted by Crippen LogP contribution is 2.11. The summed E-state index contributed by atoms with van der Waals surface area (Å²) in [6, 6.07) is 0. The van der Waals surface area contributed by atoms with Gasteiger partial charge in [-0.3, -0.25) is 9.35 Å². The number of aliphatic hydroxyl groups excluding tert-OH is 1. The lowest BCUT2D eigenvalue weighted by Crippen LogP contribution is -2.31. The molecule has 0 saturated carbocycles. The van der Waals surface area contributed by atoms with Gasteiger partial charge in [-0.05, 0) is 12.8 Å². The highest BCUT2D eigenvalue weighted by molar-refractivity contribution is 7.85. The smallest absolute Gasteiger partial charge is 0.266 e. The van der Waals surface area contributed by atoms with Crippen LogP contribution in [0.25, 0.3) is 0 Å². The number of rotatable bonds is 14. The van der Waals surface area contributed by atoms with Crippen LogP contribution in [0.2, 0.25) is 0 Å². The van der Waals surface area contributed by atoms with Gasteiger partial charge >= 0.3 is 0 Å².